The molecule has 0 saturated heterocycles. The Kier molecular flexibility index (Phi) is 6.67. The number of hydrogen-bond acceptors (Lipinski definition) is 6. The number of fused-ring (bicyclic) bond motifs is 1. The van der Waals surface area contributed by atoms with Crippen LogP contribution in [0.2, 0.25) is 0 Å². The third-order valence-electron chi connectivity index (χ3n) is 4.70. The van der Waals surface area contributed by atoms with Gasteiger partial charge in [0.15, 0.2) is 5.84 Å². The first-order valence-corrected chi connectivity index (χ1v) is 10.1. The summed E-state index contributed by atoms with van der Waals surface area (Å²) in [4.78, 5) is 4.64. The van der Waals surface area contributed by atoms with Crippen molar-refractivity contribution in [3.05, 3.63) is 96.2 Å². The second kappa shape index (κ2) is 10.2. The largest absolute Gasteiger partial charge is 0.489 e. The fourth-order valence-corrected chi connectivity index (χ4v) is 3.09. The molecular weight excluding hydrogens is 404 g/mol. The normalized spacial score (nSPS) is 11.3. The highest BCUT2D eigenvalue weighted by Crippen LogP contribution is 2.22. The third-order valence-corrected chi connectivity index (χ3v) is 4.70. The van der Waals surface area contributed by atoms with Crippen molar-refractivity contribution < 1.29 is 14.2 Å². The van der Waals surface area contributed by atoms with Gasteiger partial charge < -0.3 is 25.8 Å². The summed E-state index contributed by atoms with van der Waals surface area (Å²) in [5, 5.41) is 4.50. The van der Waals surface area contributed by atoms with Crippen LogP contribution in [0, 0.1) is 0 Å². The van der Waals surface area contributed by atoms with Crippen molar-refractivity contribution in [2.24, 2.45) is 16.7 Å². The van der Waals surface area contributed by atoms with Crippen molar-refractivity contribution in [1.29, 1.82) is 0 Å². The number of aromatic nitrogens is 1. The summed E-state index contributed by atoms with van der Waals surface area (Å²) >= 11 is 0. The van der Waals surface area contributed by atoms with E-state index in [0.29, 0.717) is 30.5 Å². The van der Waals surface area contributed by atoms with Crippen molar-refractivity contribution in [2.75, 3.05) is 6.61 Å². The molecular formula is C25H24N4O3. The summed E-state index contributed by atoms with van der Waals surface area (Å²) in [7, 11) is 0. The molecule has 0 atom stereocenters. The molecule has 7 nitrogen and oxygen atoms in total. The topological polar surface area (TPSA) is 105 Å². The smallest absolute Gasteiger partial charge is 0.157 e. The van der Waals surface area contributed by atoms with Gasteiger partial charge in [0.2, 0.25) is 0 Å². The molecule has 162 valence electrons. The van der Waals surface area contributed by atoms with Crippen molar-refractivity contribution in [1.82, 2.24) is 4.98 Å². The maximum atomic E-state index is 5.92. The number of nitrogens with two attached hydrogens (primary N) is 2. The Morgan fingerprint density at radius 1 is 0.750 bits per heavy atom. The molecule has 0 aliphatic rings. The zero-order valence-electron chi connectivity index (χ0n) is 17.5. The molecule has 4 N–H and O–H groups in total. The number of ether oxygens (including phenoxy) is 3. The Morgan fingerprint density at radius 3 is 2.28 bits per heavy atom. The summed E-state index contributed by atoms with van der Waals surface area (Å²) in [6.07, 6.45) is 0. The van der Waals surface area contributed by atoms with Crippen LogP contribution < -0.4 is 25.8 Å². The highest BCUT2D eigenvalue weighted by Gasteiger charge is 2.04. The summed E-state index contributed by atoms with van der Waals surface area (Å²) < 4.78 is 17.4. The Bertz CT molecular complexity index is 1230. The number of hydrazone groups is 1. The van der Waals surface area contributed by atoms with E-state index in [2.05, 4.69) is 16.2 Å². The number of hydrogen-bond donors (Lipinski definition) is 2. The minimum Gasteiger partial charge on any atom is -0.489 e. The van der Waals surface area contributed by atoms with Gasteiger partial charge in [-0.3, -0.25) is 0 Å². The van der Waals surface area contributed by atoms with Crippen LogP contribution in [0.25, 0.3) is 10.9 Å². The first kappa shape index (κ1) is 21.0. The average molecular weight is 428 g/mol. The molecule has 0 aliphatic heterocycles. The van der Waals surface area contributed by atoms with E-state index in [4.69, 9.17) is 25.8 Å². The molecule has 1 heterocycles. The molecule has 1 aromatic heterocycles. The second-order valence-corrected chi connectivity index (χ2v) is 7.10. The first-order valence-electron chi connectivity index (χ1n) is 10.1. The predicted octanol–water partition coefficient (Wildman–Crippen LogP) is 4.00. The maximum Gasteiger partial charge on any atom is 0.157 e. The summed E-state index contributed by atoms with van der Waals surface area (Å²) in [5.74, 6) is 7.43. The molecule has 0 aliphatic carbocycles. The lowest BCUT2D eigenvalue weighted by Gasteiger charge is -2.11. The highest BCUT2D eigenvalue weighted by molar-refractivity contribution is 5.81. The molecule has 0 bridgehead atoms. The minimum atomic E-state index is 0.131. The zero-order chi connectivity index (χ0) is 22.2. The van der Waals surface area contributed by atoms with E-state index in [-0.39, 0.29) is 12.4 Å². The van der Waals surface area contributed by atoms with Gasteiger partial charge in [0.25, 0.3) is 0 Å². The zero-order valence-corrected chi connectivity index (χ0v) is 17.5. The lowest BCUT2D eigenvalue weighted by atomic mass is 10.2. The Morgan fingerprint density at radius 2 is 1.47 bits per heavy atom. The van der Waals surface area contributed by atoms with Crippen LogP contribution >= 0.6 is 0 Å². The SMILES string of the molecule is N/N=C(\N)COc1cccc(COc2cccc(OCc3ccc4ccccc4n3)c2)c1. The lowest BCUT2D eigenvalue weighted by Crippen LogP contribution is -2.22. The van der Waals surface area contributed by atoms with Crippen molar-refractivity contribution in [3.8, 4) is 17.2 Å². The third kappa shape index (κ3) is 5.66. The standard InChI is InChI=1S/C25H24N4O3/c26-25(29-27)17-32-21-7-3-5-18(13-21)15-30-22-8-4-9-23(14-22)31-16-20-12-11-19-6-1-2-10-24(19)28-20/h1-14H,15-17,27H2,(H2,26,29). The minimum absolute atomic E-state index is 0.131. The number of para-hydroxylation sites is 1. The summed E-state index contributed by atoms with van der Waals surface area (Å²) in [6, 6.07) is 27.2. The molecule has 32 heavy (non-hydrogen) atoms. The van der Waals surface area contributed by atoms with Crippen molar-refractivity contribution in [3.63, 3.8) is 0 Å². The molecule has 0 unspecified atom stereocenters. The molecule has 3 aromatic carbocycles. The maximum absolute atomic E-state index is 5.92. The Labute approximate surface area is 186 Å². The van der Waals surface area contributed by atoms with Gasteiger partial charge in [0.05, 0.1) is 11.2 Å². The average Bonchev–Trinajstić information content (AvgIpc) is 2.85. The van der Waals surface area contributed by atoms with Crippen LogP contribution in [-0.4, -0.2) is 17.4 Å². The van der Waals surface area contributed by atoms with E-state index < -0.39 is 0 Å². The fraction of sp³-hybridized carbons (Fsp3) is 0.120. The number of nitrogens with zero attached hydrogens (tertiary/aromatic N) is 2. The molecule has 0 fully saturated rings. The van der Waals surface area contributed by atoms with Gasteiger partial charge in [-0.2, -0.15) is 5.10 Å². The van der Waals surface area contributed by atoms with Gasteiger partial charge in [0, 0.05) is 11.5 Å². The number of benzene rings is 3. The van der Waals surface area contributed by atoms with Crippen molar-refractivity contribution >= 4 is 16.7 Å². The van der Waals surface area contributed by atoms with E-state index in [1.54, 1.807) is 0 Å². The quantitative estimate of drug-likeness (QED) is 0.181. The first-order chi connectivity index (χ1) is 15.7. The van der Waals surface area contributed by atoms with E-state index >= 15 is 0 Å². The van der Waals surface area contributed by atoms with E-state index in [9.17, 15) is 0 Å². The van der Waals surface area contributed by atoms with Gasteiger partial charge in [-0.25, -0.2) is 4.98 Å². The number of amidine groups is 1. The van der Waals surface area contributed by atoms with E-state index in [0.717, 1.165) is 22.2 Å². The van der Waals surface area contributed by atoms with Crippen LogP contribution in [0.3, 0.4) is 0 Å². The van der Waals surface area contributed by atoms with Crippen LogP contribution in [0.1, 0.15) is 11.3 Å². The van der Waals surface area contributed by atoms with E-state index in [1.165, 1.54) is 0 Å². The van der Waals surface area contributed by atoms with Crippen molar-refractivity contribution in [2.45, 2.75) is 13.2 Å². The van der Waals surface area contributed by atoms with Gasteiger partial charge in [-0.05, 0) is 42.0 Å². The van der Waals surface area contributed by atoms with Gasteiger partial charge >= 0.3 is 0 Å². The Hall–Kier alpha value is -4.26. The summed E-state index contributed by atoms with van der Waals surface area (Å²) in [5.41, 5.74) is 8.33. The van der Waals surface area contributed by atoms with Crippen LogP contribution in [0.4, 0.5) is 0 Å². The van der Waals surface area contributed by atoms with Gasteiger partial charge in [-0.1, -0.05) is 42.5 Å². The number of rotatable bonds is 9. The lowest BCUT2D eigenvalue weighted by molar-refractivity contribution is 0.287. The van der Waals surface area contributed by atoms with E-state index in [1.807, 2.05) is 78.9 Å². The number of pyridine rings is 1. The molecule has 4 rings (SSSR count). The molecule has 0 saturated carbocycles. The Balaban J connectivity index is 1.34. The molecule has 0 amide bonds. The van der Waals surface area contributed by atoms with Gasteiger partial charge in [-0.15, -0.1) is 0 Å². The molecule has 0 spiro atoms. The highest BCUT2D eigenvalue weighted by atomic mass is 16.5. The molecule has 7 heteroatoms. The molecule has 4 aromatic rings. The van der Waals surface area contributed by atoms with Gasteiger partial charge in [0.1, 0.15) is 37.1 Å². The second-order valence-electron chi connectivity index (χ2n) is 7.10. The molecule has 0 radical (unpaired) electrons. The van der Waals surface area contributed by atoms with Crippen LogP contribution in [0.5, 0.6) is 17.2 Å². The predicted molar refractivity (Wildman–Crippen MR) is 125 cm³/mol. The summed E-state index contributed by atoms with van der Waals surface area (Å²) in [6.45, 7) is 0.891. The van der Waals surface area contributed by atoms with Crippen LogP contribution in [-0.2, 0) is 13.2 Å². The van der Waals surface area contributed by atoms with Crippen LogP contribution in [0.15, 0.2) is 90.0 Å². The fourth-order valence-electron chi connectivity index (χ4n) is 3.09. The monoisotopic (exact) mass is 428 g/mol.